The van der Waals surface area contributed by atoms with E-state index in [1.165, 1.54) is 19.1 Å². The van der Waals surface area contributed by atoms with Crippen LogP contribution in [0.15, 0.2) is 24.3 Å². The molecule has 7 heteroatoms. The molecular formula is C20H18O7. The van der Waals surface area contributed by atoms with E-state index in [9.17, 15) is 35.1 Å². The number of carbonyl (C=O) groups is 2. The topological polar surface area (TPSA) is 135 Å². The van der Waals surface area contributed by atoms with Crippen molar-refractivity contribution in [1.82, 2.24) is 0 Å². The lowest BCUT2D eigenvalue weighted by molar-refractivity contribution is -0.0999. The van der Waals surface area contributed by atoms with Crippen LogP contribution in [0.25, 0.3) is 0 Å². The lowest BCUT2D eigenvalue weighted by atomic mass is 9.72. The van der Waals surface area contributed by atoms with Crippen molar-refractivity contribution in [2.24, 2.45) is 0 Å². The van der Waals surface area contributed by atoms with Crippen molar-refractivity contribution in [3.05, 3.63) is 57.6 Å². The van der Waals surface area contributed by atoms with Gasteiger partial charge < -0.3 is 25.5 Å². The Morgan fingerprint density at radius 3 is 2.07 bits per heavy atom. The SMILES string of the molecule is C[C@H](O)[C@]1(O)Cc2c(O)c3c(c(O)c2[C@H](O)C1)C(=O)c1ccccc1C3=O. The highest BCUT2D eigenvalue weighted by Gasteiger charge is 2.46. The molecule has 7 nitrogen and oxygen atoms in total. The van der Waals surface area contributed by atoms with E-state index in [-0.39, 0.29) is 46.2 Å². The minimum atomic E-state index is -1.75. The summed E-state index contributed by atoms with van der Waals surface area (Å²) in [6, 6.07) is 6.08. The summed E-state index contributed by atoms with van der Waals surface area (Å²) in [5.41, 5.74) is -2.38. The highest BCUT2D eigenvalue weighted by molar-refractivity contribution is 6.30. The maximum atomic E-state index is 12.9. The fourth-order valence-corrected chi connectivity index (χ4v) is 4.05. The van der Waals surface area contributed by atoms with E-state index in [4.69, 9.17) is 0 Å². The lowest BCUT2D eigenvalue weighted by Crippen LogP contribution is -2.47. The number of aromatic hydroxyl groups is 2. The molecule has 0 unspecified atom stereocenters. The molecule has 0 radical (unpaired) electrons. The van der Waals surface area contributed by atoms with Crippen LogP contribution in [0.1, 0.15) is 62.4 Å². The number of benzene rings is 2. The van der Waals surface area contributed by atoms with E-state index >= 15 is 0 Å². The number of rotatable bonds is 1. The summed E-state index contributed by atoms with van der Waals surface area (Å²) < 4.78 is 0. The molecule has 27 heavy (non-hydrogen) atoms. The van der Waals surface area contributed by atoms with Gasteiger partial charge in [-0.15, -0.1) is 0 Å². The van der Waals surface area contributed by atoms with Crippen LogP contribution >= 0.6 is 0 Å². The van der Waals surface area contributed by atoms with Crippen molar-refractivity contribution in [3.63, 3.8) is 0 Å². The van der Waals surface area contributed by atoms with Gasteiger partial charge in [-0.1, -0.05) is 24.3 Å². The molecular weight excluding hydrogens is 352 g/mol. The van der Waals surface area contributed by atoms with Crippen LogP contribution in [-0.2, 0) is 6.42 Å². The molecule has 0 aliphatic heterocycles. The molecule has 2 aromatic rings. The normalized spacial score (nSPS) is 24.8. The van der Waals surface area contributed by atoms with Crippen molar-refractivity contribution in [1.29, 1.82) is 0 Å². The van der Waals surface area contributed by atoms with Crippen LogP contribution in [0.4, 0.5) is 0 Å². The van der Waals surface area contributed by atoms with Crippen molar-refractivity contribution >= 4 is 11.6 Å². The highest BCUT2D eigenvalue weighted by atomic mass is 16.3. The third-order valence-corrected chi connectivity index (χ3v) is 5.60. The van der Waals surface area contributed by atoms with Crippen molar-refractivity contribution in [2.75, 3.05) is 0 Å². The van der Waals surface area contributed by atoms with E-state index in [1.807, 2.05) is 0 Å². The smallest absolute Gasteiger partial charge is 0.198 e. The Hall–Kier alpha value is -2.74. The first kappa shape index (κ1) is 17.7. The minimum Gasteiger partial charge on any atom is -0.507 e. The van der Waals surface area contributed by atoms with Crippen LogP contribution in [0.5, 0.6) is 11.5 Å². The van der Waals surface area contributed by atoms with E-state index in [2.05, 4.69) is 0 Å². The zero-order valence-electron chi connectivity index (χ0n) is 14.4. The maximum absolute atomic E-state index is 12.9. The van der Waals surface area contributed by atoms with Gasteiger partial charge in [0, 0.05) is 35.1 Å². The molecule has 0 spiro atoms. The fraction of sp³-hybridized carbons (Fsp3) is 0.300. The number of hydrogen-bond acceptors (Lipinski definition) is 7. The van der Waals surface area contributed by atoms with Gasteiger partial charge in [-0.2, -0.15) is 0 Å². The predicted octanol–water partition coefficient (Wildman–Crippen LogP) is 0.965. The Balaban J connectivity index is 2.02. The number of aliphatic hydroxyl groups is 3. The predicted molar refractivity (Wildman–Crippen MR) is 93.0 cm³/mol. The van der Waals surface area contributed by atoms with Gasteiger partial charge in [-0.05, 0) is 6.92 Å². The molecule has 0 bridgehead atoms. The van der Waals surface area contributed by atoms with Crippen LogP contribution in [0.3, 0.4) is 0 Å². The molecule has 140 valence electrons. The first-order chi connectivity index (χ1) is 12.7. The molecule has 2 aliphatic rings. The summed E-state index contributed by atoms with van der Waals surface area (Å²) in [7, 11) is 0. The molecule has 2 aliphatic carbocycles. The number of phenols is 2. The molecule has 0 saturated heterocycles. The Kier molecular flexibility index (Phi) is 3.68. The van der Waals surface area contributed by atoms with Gasteiger partial charge in [0.15, 0.2) is 11.6 Å². The van der Waals surface area contributed by atoms with Gasteiger partial charge >= 0.3 is 0 Å². The molecule has 0 fully saturated rings. The average Bonchev–Trinajstić information content (AvgIpc) is 2.62. The van der Waals surface area contributed by atoms with Gasteiger partial charge in [-0.25, -0.2) is 0 Å². The zero-order chi connectivity index (χ0) is 19.7. The molecule has 3 atom stereocenters. The first-order valence-corrected chi connectivity index (χ1v) is 8.55. The van der Waals surface area contributed by atoms with Crippen LogP contribution in [0, 0.1) is 0 Å². The summed E-state index contributed by atoms with van der Waals surface area (Å²) in [4.78, 5) is 25.8. The second kappa shape index (κ2) is 5.63. The fourth-order valence-electron chi connectivity index (χ4n) is 4.05. The number of aliphatic hydroxyl groups excluding tert-OH is 2. The van der Waals surface area contributed by atoms with E-state index in [1.54, 1.807) is 12.1 Å². The third kappa shape index (κ3) is 2.26. The molecule has 0 aromatic heterocycles. The summed E-state index contributed by atoms with van der Waals surface area (Å²) in [5.74, 6) is -2.40. The van der Waals surface area contributed by atoms with Crippen molar-refractivity contribution in [2.45, 2.75) is 37.6 Å². The van der Waals surface area contributed by atoms with Crippen molar-refractivity contribution < 1.29 is 35.1 Å². The quantitative estimate of drug-likeness (QED) is 0.403. The number of ketones is 2. The average molecular weight is 370 g/mol. The van der Waals surface area contributed by atoms with E-state index < -0.39 is 40.9 Å². The molecule has 2 aromatic carbocycles. The number of phenolic OH excluding ortho intramolecular Hbond substituents is 2. The Labute approximate surface area is 154 Å². The molecule has 5 N–H and O–H groups in total. The second-order valence-corrected chi connectivity index (χ2v) is 7.22. The van der Waals surface area contributed by atoms with E-state index in [0.717, 1.165) is 0 Å². The summed E-state index contributed by atoms with van der Waals surface area (Å²) in [5, 5.41) is 52.4. The number of fused-ring (bicyclic) bond motifs is 3. The maximum Gasteiger partial charge on any atom is 0.198 e. The monoisotopic (exact) mass is 370 g/mol. The van der Waals surface area contributed by atoms with Crippen molar-refractivity contribution in [3.8, 4) is 11.5 Å². The Bertz CT molecular complexity index is 1010. The molecule has 0 heterocycles. The van der Waals surface area contributed by atoms with Gasteiger partial charge in [0.2, 0.25) is 0 Å². The summed E-state index contributed by atoms with van der Waals surface area (Å²) in [6.45, 7) is 1.35. The summed E-state index contributed by atoms with van der Waals surface area (Å²) >= 11 is 0. The van der Waals surface area contributed by atoms with Gasteiger partial charge in [-0.3, -0.25) is 9.59 Å². The molecule has 0 saturated carbocycles. The van der Waals surface area contributed by atoms with Crippen LogP contribution in [0.2, 0.25) is 0 Å². The second-order valence-electron chi connectivity index (χ2n) is 7.22. The number of hydrogen-bond donors (Lipinski definition) is 5. The first-order valence-electron chi connectivity index (χ1n) is 8.55. The third-order valence-electron chi connectivity index (χ3n) is 5.60. The van der Waals surface area contributed by atoms with E-state index in [0.29, 0.717) is 0 Å². The Morgan fingerprint density at radius 2 is 1.56 bits per heavy atom. The number of carbonyl (C=O) groups excluding carboxylic acids is 2. The molecule has 4 rings (SSSR count). The van der Waals surface area contributed by atoms with Crippen LogP contribution < -0.4 is 0 Å². The lowest BCUT2D eigenvalue weighted by Gasteiger charge is -2.39. The standard InChI is InChI=1S/C20H18O7/c1-8(21)20(27)6-11-13(12(22)7-20)19(26)15-14(18(11)25)16(23)9-4-2-3-5-10(9)17(15)24/h2-5,8,12,21-22,25-27H,6-7H2,1H3/t8-,12+,20-/m0/s1. The van der Waals surface area contributed by atoms with Crippen LogP contribution in [-0.4, -0.2) is 48.8 Å². The summed E-state index contributed by atoms with van der Waals surface area (Å²) in [6.07, 6.45) is -3.23. The zero-order valence-corrected chi connectivity index (χ0v) is 14.4. The van der Waals surface area contributed by atoms with Gasteiger partial charge in [0.1, 0.15) is 11.5 Å². The minimum absolute atomic E-state index is 0.0473. The molecule has 0 amide bonds. The Morgan fingerprint density at radius 1 is 1.04 bits per heavy atom. The largest absolute Gasteiger partial charge is 0.507 e. The highest BCUT2D eigenvalue weighted by Crippen LogP contribution is 2.50. The van der Waals surface area contributed by atoms with Gasteiger partial charge in [0.25, 0.3) is 0 Å². The van der Waals surface area contributed by atoms with Gasteiger partial charge in [0.05, 0.1) is 28.9 Å².